The first-order chi connectivity index (χ1) is 8.66. The van der Waals surface area contributed by atoms with E-state index in [1.807, 2.05) is 12.1 Å². The van der Waals surface area contributed by atoms with Crippen molar-refractivity contribution in [2.45, 2.75) is 13.0 Å². The number of rotatable bonds is 1. The Morgan fingerprint density at radius 2 is 2.22 bits per heavy atom. The molecule has 1 aromatic carbocycles. The third-order valence-electron chi connectivity index (χ3n) is 3.40. The summed E-state index contributed by atoms with van der Waals surface area (Å²) < 4.78 is 5.39. The quantitative estimate of drug-likeness (QED) is 0.752. The van der Waals surface area contributed by atoms with Gasteiger partial charge in [0.25, 0.3) is 11.7 Å². The van der Waals surface area contributed by atoms with E-state index in [2.05, 4.69) is 17.1 Å². The van der Waals surface area contributed by atoms with Crippen LogP contribution in [0.4, 0.5) is 11.4 Å². The van der Waals surface area contributed by atoms with Gasteiger partial charge in [-0.05, 0) is 25.1 Å². The Labute approximate surface area is 105 Å². The van der Waals surface area contributed by atoms with Gasteiger partial charge in [-0.1, -0.05) is 0 Å². The molecule has 0 aromatic heterocycles. The lowest BCUT2D eigenvalue weighted by molar-refractivity contribution is -0.112. The highest BCUT2D eigenvalue weighted by molar-refractivity contribution is 6.51. The van der Waals surface area contributed by atoms with Crippen LogP contribution in [0.15, 0.2) is 18.2 Å². The van der Waals surface area contributed by atoms with Crippen LogP contribution in [-0.2, 0) is 9.53 Å². The molecule has 5 heteroatoms. The standard InChI is InChI=1S/C13H14N2O3/c1-8-7-18-5-4-15(8)9-2-3-10-11(6-9)14-13(17)12(10)16/h2-3,6,8H,4-5,7H2,1H3,(H,14,16,17). The van der Waals surface area contributed by atoms with Gasteiger partial charge in [0.05, 0.1) is 24.5 Å². The molecule has 0 bridgehead atoms. The number of Topliss-reactive ketones (excluding diaryl/α,β-unsaturated/α-hetero) is 1. The van der Waals surface area contributed by atoms with Gasteiger partial charge in [-0.2, -0.15) is 0 Å². The highest BCUT2D eigenvalue weighted by atomic mass is 16.5. The molecule has 1 saturated heterocycles. The number of fused-ring (bicyclic) bond motifs is 1. The van der Waals surface area contributed by atoms with E-state index in [4.69, 9.17) is 4.74 Å². The lowest BCUT2D eigenvalue weighted by Gasteiger charge is -2.35. The molecule has 0 radical (unpaired) electrons. The van der Waals surface area contributed by atoms with E-state index >= 15 is 0 Å². The fourth-order valence-electron chi connectivity index (χ4n) is 2.42. The van der Waals surface area contributed by atoms with Gasteiger partial charge in [0.2, 0.25) is 0 Å². The fourth-order valence-corrected chi connectivity index (χ4v) is 2.42. The Balaban J connectivity index is 1.94. The monoisotopic (exact) mass is 246 g/mol. The van der Waals surface area contributed by atoms with Gasteiger partial charge in [0.1, 0.15) is 0 Å². The highest BCUT2D eigenvalue weighted by Gasteiger charge is 2.29. The maximum Gasteiger partial charge on any atom is 0.296 e. The van der Waals surface area contributed by atoms with Gasteiger partial charge in [-0.15, -0.1) is 0 Å². The Morgan fingerprint density at radius 1 is 1.39 bits per heavy atom. The molecule has 0 spiro atoms. The Morgan fingerprint density at radius 3 is 3.00 bits per heavy atom. The van der Waals surface area contributed by atoms with Crippen LogP contribution in [0.2, 0.25) is 0 Å². The number of nitrogens with zero attached hydrogens (tertiary/aromatic N) is 1. The second kappa shape index (κ2) is 4.10. The molecule has 2 aliphatic heterocycles. The fraction of sp³-hybridized carbons (Fsp3) is 0.385. The lowest BCUT2D eigenvalue weighted by atomic mass is 10.1. The van der Waals surface area contributed by atoms with Gasteiger partial charge < -0.3 is 15.0 Å². The van der Waals surface area contributed by atoms with Crippen LogP contribution in [0.3, 0.4) is 0 Å². The van der Waals surface area contributed by atoms with Crippen molar-refractivity contribution in [2.24, 2.45) is 0 Å². The molecule has 5 nitrogen and oxygen atoms in total. The highest BCUT2D eigenvalue weighted by Crippen LogP contribution is 2.29. The summed E-state index contributed by atoms with van der Waals surface area (Å²) in [6, 6.07) is 5.76. The summed E-state index contributed by atoms with van der Waals surface area (Å²) in [5.74, 6) is -0.997. The topological polar surface area (TPSA) is 58.6 Å². The number of morpholine rings is 1. The van der Waals surface area contributed by atoms with Crippen molar-refractivity contribution in [3.63, 3.8) is 0 Å². The van der Waals surface area contributed by atoms with E-state index in [0.717, 1.165) is 12.2 Å². The van der Waals surface area contributed by atoms with Crippen molar-refractivity contribution in [2.75, 3.05) is 30.0 Å². The SMILES string of the molecule is CC1COCCN1c1ccc2c(c1)NC(=O)C2=O. The second-order valence-corrected chi connectivity index (χ2v) is 4.63. The lowest BCUT2D eigenvalue weighted by Crippen LogP contribution is -2.43. The van der Waals surface area contributed by atoms with Crippen molar-refractivity contribution in [1.82, 2.24) is 0 Å². The third-order valence-corrected chi connectivity index (χ3v) is 3.40. The Kier molecular flexibility index (Phi) is 2.56. The van der Waals surface area contributed by atoms with Gasteiger partial charge in [0, 0.05) is 18.3 Å². The molecule has 1 amide bonds. The number of benzene rings is 1. The van der Waals surface area contributed by atoms with E-state index in [9.17, 15) is 9.59 Å². The number of carbonyl (C=O) groups is 2. The minimum Gasteiger partial charge on any atom is -0.377 e. The van der Waals surface area contributed by atoms with Crippen LogP contribution >= 0.6 is 0 Å². The number of hydrogen-bond donors (Lipinski definition) is 1. The Bertz CT molecular complexity index is 527. The summed E-state index contributed by atoms with van der Waals surface area (Å²) in [5, 5.41) is 2.60. The molecule has 94 valence electrons. The molecule has 18 heavy (non-hydrogen) atoms. The first-order valence-electron chi connectivity index (χ1n) is 6.01. The van der Waals surface area contributed by atoms with Crippen molar-refractivity contribution >= 4 is 23.1 Å². The van der Waals surface area contributed by atoms with Crippen molar-refractivity contribution < 1.29 is 14.3 Å². The molecular weight excluding hydrogens is 232 g/mol. The van der Waals surface area contributed by atoms with Crippen LogP contribution in [0.5, 0.6) is 0 Å². The number of amides is 1. The third kappa shape index (κ3) is 1.67. The van der Waals surface area contributed by atoms with E-state index in [0.29, 0.717) is 30.5 Å². The minimum absolute atomic E-state index is 0.296. The van der Waals surface area contributed by atoms with Gasteiger partial charge in [-0.25, -0.2) is 0 Å². The van der Waals surface area contributed by atoms with Gasteiger partial charge in [-0.3, -0.25) is 9.59 Å². The van der Waals surface area contributed by atoms with Crippen molar-refractivity contribution in [3.05, 3.63) is 23.8 Å². The number of nitrogens with one attached hydrogen (secondary N) is 1. The molecule has 1 atom stereocenters. The first-order valence-corrected chi connectivity index (χ1v) is 6.01. The van der Waals surface area contributed by atoms with E-state index in [-0.39, 0.29) is 0 Å². The minimum atomic E-state index is -0.544. The molecule has 1 unspecified atom stereocenters. The van der Waals surface area contributed by atoms with Crippen LogP contribution in [0.1, 0.15) is 17.3 Å². The molecular formula is C13H14N2O3. The molecule has 0 saturated carbocycles. The Hall–Kier alpha value is -1.88. The van der Waals surface area contributed by atoms with Crippen LogP contribution in [0, 0.1) is 0 Å². The summed E-state index contributed by atoms with van der Waals surface area (Å²) >= 11 is 0. The maximum absolute atomic E-state index is 11.5. The van der Waals surface area contributed by atoms with Crippen LogP contribution in [-0.4, -0.2) is 37.5 Å². The number of anilines is 2. The molecule has 1 fully saturated rings. The number of carbonyl (C=O) groups excluding carboxylic acids is 2. The summed E-state index contributed by atoms with van der Waals surface area (Å²) in [7, 11) is 0. The summed E-state index contributed by atoms with van der Waals surface area (Å²) in [6.45, 7) is 4.31. The smallest absolute Gasteiger partial charge is 0.296 e. The molecule has 3 rings (SSSR count). The van der Waals surface area contributed by atoms with E-state index < -0.39 is 11.7 Å². The zero-order valence-electron chi connectivity index (χ0n) is 10.1. The number of ketones is 1. The van der Waals surface area contributed by atoms with Gasteiger partial charge >= 0.3 is 0 Å². The van der Waals surface area contributed by atoms with E-state index in [1.54, 1.807) is 6.07 Å². The number of hydrogen-bond acceptors (Lipinski definition) is 4. The summed E-state index contributed by atoms with van der Waals surface area (Å²) in [6.07, 6.45) is 0. The average molecular weight is 246 g/mol. The molecule has 0 aliphatic carbocycles. The maximum atomic E-state index is 11.5. The summed E-state index contributed by atoms with van der Waals surface area (Å²) in [4.78, 5) is 25.0. The zero-order valence-corrected chi connectivity index (χ0v) is 10.1. The first kappa shape index (κ1) is 11.2. The predicted octanol–water partition coefficient (Wildman–Crippen LogP) is 1.05. The molecule has 2 heterocycles. The molecule has 1 N–H and O–H groups in total. The second-order valence-electron chi connectivity index (χ2n) is 4.63. The average Bonchev–Trinajstić information content (AvgIpc) is 2.65. The van der Waals surface area contributed by atoms with Crippen molar-refractivity contribution in [3.8, 4) is 0 Å². The van der Waals surface area contributed by atoms with Crippen molar-refractivity contribution in [1.29, 1.82) is 0 Å². The largest absolute Gasteiger partial charge is 0.377 e. The molecule has 1 aromatic rings. The van der Waals surface area contributed by atoms with Crippen LogP contribution < -0.4 is 10.2 Å². The van der Waals surface area contributed by atoms with Gasteiger partial charge in [0.15, 0.2) is 0 Å². The summed E-state index contributed by atoms with van der Waals surface area (Å²) in [5.41, 5.74) is 2.09. The zero-order chi connectivity index (χ0) is 12.7. The van der Waals surface area contributed by atoms with Crippen LogP contribution in [0.25, 0.3) is 0 Å². The predicted molar refractivity (Wildman–Crippen MR) is 67.0 cm³/mol. The number of ether oxygens (including phenoxy) is 1. The normalized spacial score (nSPS) is 22.9. The van der Waals surface area contributed by atoms with E-state index in [1.165, 1.54) is 0 Å². The molecule has 2 aliphatic rings.